The van der Waals surface area contributed by atoms with Gasteiger partial charge in [0.1, 0.15) is 0 Å². The molecule has 2 fully saturated rings. The monoisotopic (exact) mass is 254 g/mol. The van der Waals surface area contributed by atoms with Gasteiger partial charge in [-0.3, -0.25) is 9.59 Å². The van der Waals surface area contributed by atoms with Gasteiger partial charge >= 0.3 is 5.97 Å². The van der Waals surface area contributed by atoms with Crippen LogP contribution in [0.3, 0.4) is 0 Å². The Hall–Kier alpha value is -1.10. The Morgan fingerprint density at radius 1 is 1.06 bits per heavy atom. The lowest BCUT2D eigenvalue weighted by Crippen LogP contribution is -2.41. The fraction of sp³-hybridized carbons (Fsp3) is 0.846. The molecule has 102 valence electrons. The third-order valence-corrected chi connectivity index (χ3v) is 4.04. The van der Waals surface area contributed by atoms with E-state index in [0.717, 1.165) is 19.6 Å². The number of likely N-dealkylation sites (tertiary alicyclic amines) is 2. The third-order valence-electron chi connectivity index (χ3n) is 4.04. The summed E-state index contributed by atoms with van der Waals surface area (Å²) >= 11 is 0. The standard InChI is InChI=1S/C13H22N2O3/c16-12(5-8-14-6-1-2-7-14)15-9-3-11(4-10-15)13(17)18/h11H,1-10H2,(H,17,18). The Balaban J connectivity index is 1.68. The van der Waals surface area contributed by atoms with E-state index < -0.39 is 5.97 Å². The summed E-state index contributed by atoms with van der Waals surface area (Å²) in [5.74, 6) is -0.794. The maximum absolute atomic E-state index is 12.0. The number of aliphatic carboxylic acids is 1. The SMILES string of the molecule is O=C(O)C1CCN(C(=O)CCN2CCCC2)CC1. The van der Waals surface area contributed by atoms with Crippen molar-refractivity contribution in [2.45, 2.75) is 32.1 Å². The molecular formula is C13H22N2O3. The van der Waals surface area contributed by atoms with Gasteiger partial charge in [-0.2, -0.15) is 0 Å². The Kier molecular flexibility index (Phi) is 4.58. The van der Waals surface area contributed by atoms with E-state index >= 15 is 0 Å². The van der Waals surface area contributed by atoms with Crippen molar-refractivity contribution in [2.75, 3.05) is 32.7 Å². The van der Waals surface area contributed by atoms with Gasteiger partial charge in [-0.15, -0.1) is 0 Å². The first-order valence-electron chi connectivity index (χ1n) is 6.90. The first-order chi connectivity index (χ1) is 8.66. The highest BCUT2D eigenvalue weighted by Gasteiger charge is 2.27. The van der Waals surface area contributed by atoms with E-state index in [2.05, 4.69) is 4.90 Å². The summed E-state index contributed by atoms with van der Waals surface area (Å²) in [6.45, 7) is 4.31. The third kappa shape index (κ3) is 3.45. The summed E-state index contributed by atoms with van der Waals surface area (Å²) in [5, 5.41) is 8.90. The molecule has 0 aromatic heterocycles. The predicted molar refractivity (Wildman–Crippen MR) is 67.2 cm³/mol. The molecule has 1 N–H and O–H groups in total. The number of rotatable bonds is 4. The number of carbonyl (C=O) groups is 2. The molecule has 2 heterocycles. The van der Waals surface area contributed by atoms with Gasteiger partial charge in [0, 0.05) is 26.1 Å². The second-order valence-corrected chi connectivity index (χ2v) is 5.29. The number of amides is 1. The van der Waals surface area contributed by atoms with E-state index in [4.69, 9.17) is 5.11 Å². The largest absolute Gasteiger partial charge is 0.481 e. The summed E-state index contributed by atoms with van der Waals surface area (Å²) in [5.41, 5.74) is 0. The van der Waals surface area contributed by atoms with Gasteiger partial charge in [0.05, 0.1) is 5.92 Å². The van der Waals surface area contributed by atoms with E-state index in [9.17, 15) is 9.59 Å². The first kappa shape index (κ1) is 13.3. The molecule has 5 nitrogen and oxygen atoms in total. The van der Waals surface area contributed by atoms with Crippen molar-refractivity contribution in [2.24, 2.45) is 5.92 Å². The van der Waals surface area contributed by atoms with E-state index in [1.807, 2.05) is 4.90 Å². The van der Waals surface area contributed by atoms with Gasteiger partial charge in [0.15, 0.2) is 0 Å². The number of nitrogens with zero attached hydrogens (tertiary/aromatic N) is 2. The fourth-order valence-corrected chi connectivity index (χ4v) is 2.79. The molecule has 0 aliphatic carbocycles. The van der Waals surface area contributed by atoms with Crippen LogP contribution in [0, 0.1) is 5.92 Å². The summed E-state index contributed by atoms with van der Waals surface area (Å²) in [4.78, 5) is 27.0. The minimum Gasteiger partial charge on any atom is -0.481 e. The molecule has 2 rings (SSSR count). The summed E-state index contributed by atoms with van der Waals surface area (Å²) in [6.07, 6.45) is 4.28. The average molecular weight is 254 g/mol. The molecule has 0 radical (unpaired) electrons. The zero-order valence-corrected chi connectivity index (χ0v) is 10.8. The summed E-state index contributed by atoms with van der Waals surface area (Å²) in [7, 11) is 0. The van der Waals surface area contributed by atoms with Crippen molar-refractivity contribution >= 4 is 11.9 Å². The molecular weight excluding hydrogens is 232 g/mol. The van der Waals surface area contributed by atoms with E-state index in [1.54, 1.807) is 0 Å². The van der Waals surface area contributed by atoms with Crippen molar-refractivity contribution in [3.63, 3.8) is 0 Å². The van der Waals surface area contributed by atoms with Crippen molar-refractivity contribution in [3.8, 4) is 0 Å². The van der Waals surface area contributed by atoms with Gasteiger partial charge in [-0.05, 0) is 38.8 Å². The minimum atomic E-state index is -0.723. The van der Waals surface area contributed by atoms with Crippen molar-refractivity contribution in [1.29, 1.82) is 0 Å². The van der Waals surface area contributed by atoms with Gasteiger partial charge in [0.2, 0.25) is 5.91 Å². The molecule has 5 heteroatoms. The molecule has 2 saturated heterocycles. The summed E-state index contributed by atoms with van der Waals surface area (Å²) in [6, 6.07) is 0. The van der Waals surface area contributed by atoms with Crippen molar-refractivity contribution in [1.82, 2.24) is 9.80 Å². The minimum absolute atomic E-state index is 0.186. The quantitative estimate of drug-likeness (QED) is 0.806. The topological polar surface area (TPSA) is 60.9 Å². The molecule has 0 spiro atoms. The molecule has 0 bridgehead atoms. The van der Waals surface area contributed by atoms with Crippen LogP contribution in [0.5, 0.6) is 0 Å². The van der Waals surface area contributed by atoms with Crippen molar-refractivity contribution in [3.05, 3.63) is 0 Å². The van der Waals surface area contributed by atoms with E-state index in [0.29, 0.717) is 32.4 Å². The second kappa shape index (κ2) is 6.18. The maximum Gasteiger partial charge on any atom is 0.306 e. The number of hydrogen-bond acceptors (Lipinski definition) is 3. The zero-order valence-electron chi connectivity index (χ0n) is 10.8. The molecule has 0 aromatic rings. The van der Waals surface area contributed by atoms with Gasteiger partial charge < -0.3 is 14.9 Å². The van der Waals surface area contributed by atoms with Crippen LogP contribution in [0.2, 0.25) is 0 Å². The number of carboxylic acid groups (broad SMARTS) is 1. The molecule has 18 heavy (non-hydrogen) atoms. The highest BCUT2D eigenvalue weighted by molar-refractivity contribution is 5.77. The Morgan fingerprint density at radius 2 is 1.67 bits per heavy atom. The molecule has 0 atom stereocenters. The van der Waals surface area contributed by atoms with Crippen molar-refractivity contribution < 1.29 is 14.7 Å². The fourth-order valence-electron chi connectivity index (χ4n) is 2.79. The smallest absolute Gasteiger partial charge is 0.306 e. The van der Waals surface area contributed by atoms with Crippen LogP contribution in [0.15, 0.2) is 0 Å². The van der Waals surface area contributed by atoms with Gasteiger partial charge in [0.25, 0.3) is 0 Å². The van der Waals surface area contributed by atoms with E-state index in [-0.39, 0.29) is 11.8 Å². The highest BCUT2D eigenvalue weighted by atomic mass is 16.4. The lowest BCUT2D eigenvalue weighted by atomic mass is 9.97. The van der Waals surface area contributed by atoms with Crippen LogP contribution in [0.4, 0.5) is 0 Å². The van der Waals surface area contributed by atoms with Crippen LogP contribution in [-0.2, 0) is 9.59 Å². The lowest BCUT2D eigenvalue weighted by Gasteiger charge is -2.30. The molecule has 0 unspecified atom stereocenters. The Bertz CT molecular complexity index is 305. The second-order valence-electron chi connectivity index (χ2n) is 5.29. The Labute approximate surface area is 108 Å². The predicted octanol–water partition coefficient (Wildman–Crippen LogP) is 0.795. The normalized spacial score (nSPS) is 22.3. The molecule has 2 aliphatic heterocycles. The van der Waals surface area contributed by atoms with Gasteiger partial charge in [-0.1, -0.05) is 0 Å². The van der Waals surface area contributed by atoms with Crippen LogP contribution in [0.25, 0.3) is 0 Å². The van der Waals surface area contributed by atoms with Crippen LogP contribution in [0.1, 0.15) is 32.1 Å². The van der Waals surface area contributed by atoms with Gasteiger partial charge in [-0.25, -0.2) is 0 Å². The maximum atomic E-state index is 12.0. The molecule has 1 amide bonds. The number of carbonyl (C=O) groups excluding carboxylic acids is 1. The lowest BCUT2D eigenvalue weighted by molar-refractivity contribution is -0.145. The first-order valence-corrected chi connectivity index (χ1v) is 6.90. The number of piperidine rings is 1. The van der Waals surface area contributed by atoms with Crippen LogP contribution >= 0.6 is 0 Å². The number of hydrogen-bond donors (Lipinski definition) is 1. The molecule has 2 aliphatic rings. The van der Waals surface area contributed by atoms with Crippen LogP contribution in [-0.4, -0.2) is 59.5 Å². The van der Waals surface area contributed by atoms with Crippen LogP contribution < -0.4 is 0 Å². The molecule has 0 saturated carbocycles. The molecule has 0 aromatic carbocycles. The summed E-state index contributed by atoms with van der Waals surface area (Å²) < 4.78 is 0. The highest BCUT2D eigenvalue weighted by Crippen LogP contribution is 2.18. The number of carboxylic acids is 1. The average Bonchev–Trinajstić information content (AvgIpc) is 2.89. The van der Waals surface area contributed by atoms with E-state index in [1.165, 1.54) is 12.8 Å². The zero-order chi connectivity index (χ0) is 13.0. The Morgan fingerprint density at radius 3 is 2.22 bits per heavy atom.